The fourth-order valence-electron chi connectivity index (χ4n) is 8.18. The van der Waals surface area contributed by atoms with Gasteiger partial charge in [0.1, 0.15) is 12.1 Å². The molecule has 0 fully saturated rings. The Hall–Kier alpha value is -6.81. The first-order valence-electron chi connectivity index (χ1n) is 18.8. The molecule has 0 bridgehead atoms. The quantitative estimate of drug-likeness (QED) is 0.175. The van der Waals surface area contributed by atoms with Gasteiger partial charge in [0.15, 0.2) is 0 Å². The molecule has 3 aliphatic rings. The van der Waals surface area contributed by atoms with Crippen LogP contribution in [-0.2, 0) is 0 Å². The molecule has 58 heavy (non-hydrogen) atoms. The van der Waals surface area contributed by atoms with Crippen LogP contribution in [0.5, 0.6) is 0 Å². The Bertz CT molecular complexity index is 2840. The summed E-state index contributed by atoms with van der Waals surface area (Å²) in [5, 5.41) is 20.4. The van der Waals surface area contributed by atoms with E-state index in [0.717, 1.165) is 72.1 Å². The number of rotatable bonds is 4. The Balaban J connectivity index is 1.13. The summed E-state index contributed by atoms with van der Waals surface area (Å²) in [6, 6.07) is 66.2. The number of hydrogen-bond acceptors (Lipinski definition) is 8. The Morgan fingerprint density at radius 1 is 0.328 bits per heavy atom. The van der Waals surface area contributed by atoms with Gasteiger partial charge in [-0.15, -0.1) is 0 Å². The zero-order chi connectivity index (χ0) is 38.7. The van der Waals surface area contributed by atoms with Crippen molar-refractivity contribution in [3.05, 3.63) is 187 Å². The second-order valence-corrected chi connectivity index (χ2v) is 17.2. The van der Waals surface area contributed by atoms with Crippen molar-refractivity contribution in [1.82, 2.24) is 0 Å². The van der Waals surface area contributed by atoms with Crippen molar-refractivity contribution in [2.75, 3.05) is 14.7 Å². The lowest BCUT2D eigenvalue weighted by Gasteiger charge is -2.38. The highest BCUT2D eigenvalue weighted by molar-refractivity contribution is 8.00. The van der Waals surface area contributed by atoms with Crippen LogP contribution in [0.2, 0.25) is 0 Å². The minimum absolute atomic E-state index is 0.361. The number of anilines is 9. The van der Waals surface area contributed by atoms with Crippen LogP contribution in [0.25, 0.3) is 11.1 Å². The lowest BCUT2D eigenvalue weighted by molar-refractivity contribution is 1.12. The first-order valence-corrected chi connectivity index (χ1v) is 21.2. The van der Waals surface area contributed by atoms with Crippen LogP contribution in [0.3, 0.4) is 0 Å². The molecule has 8 aromatic rings. The van der Waals surface area contributed by atoms with Gasteiger partial charge in [-0.25, -0.2) is 0 Å². The van der Waals surface area contributed by atoms with Crippen molar-refractivity contribution < 1.29 is 0 Å². The van der Waals surface area contributed by atoms with E-state index in [1.54, 1.807) is 41.4 Å². The van der Waals surface area contributed by atoms with Gasteiger partial charge in [-0.3, -0.25) is 0 Å². The van der Waals surface area contributed by atoms with Crippen LogP contribution in [0.15, 0.2) is 205 Å². The molecule has 3 aliphatic heterocycles. The van der Waals surface area contributed by atoms with E-state index >= 15 is 0 Å². The van der Waals surface area contributed by atoms with E-state index < -0.39 is 0 Å². The van der Waals surface area contributed by atoms with Gasteiger partial charge in [0, 0.05) is 51.9 Å². The number of para-hydroxylation sites is 5. The molecule has 5 nitrogen and oxygen atoms in total. The molecule has 0 amide bonds. The summed E-state index contributed by atoms with van der Waals surface area (Å²) in [6.07, 6.45) is 0. The molecule has 0 radical (unpaired) electrons. The van der Waals surface area contributed by atoms with Crippen molar-refractivity contribution in [2.45, 2.75) is 29.4 Å². The van der Waals surface area contributed by atoms with E-state index in [1.165, 1.54) is 19.6 Å². The first kappa shape index (κ1) is 34.4. The predicted octanol–water partition coefficient (Wildman–Crippen LogP) is 14.9. The average molecular weight is 796 g/mol. The summed E-state index contributed by atoms with van der Waals surface area (Å²) in [6.45, 7) is 0. The van der Waals surface area contributed by atoms with Gasteiger partial charge in [0.05, 0.1) is 50.9 Å². The summed E-state index contributed by atoms with van der Waals surface area (Å²) in [5.41, 5.74) is 12.1. The van der Waals surface area contributed by atoms with Crippen LogP contribution in [0, 0.1) is 22.7 Å². The van der Waals surface area contributed by atoms with Crippen molar-refractivity contribution >= 4 is 86.5 Å². The summed E-state index contributed by atoms with van der Waals surface area (Å²) >= 11 is 5.39. The van der Waals surface area contributed by atoms with Gasteiger partial charge < -0.3 is 14.7 Å². The second-order valence-electron chi connectivity index (χ2n) is 14.0. The number of nitriles is 2. The van der Waals surface area contributed by atoms with Crippen molar-refractivity contribution in [1.29, 1.82) is 10.5 Å². The van der Waals surface area contributed by atoms with Gasteiger partial charge in [-0.2, -0.15) is 10.5 Å². The van der Waals surface area contributed by atoms with E-state index in [1.807, 2.05) is 24.3 Å². The van der Waals surface area contributed by atoms with Crippen LogP contribution in [0.4, 0.5) is 51.2 Å². The number of hydrogen-bond donors (Lipinski definition) is 0. The predicted molar refractivity (Wildman–Crippen MR) is 238 cm³/mol. The summed E-state index contributed by atoms with van der Waals surface area (Å²) in [4.78, 5) is 14.1. The Labute approximate surface area is 349 Å². The highest BCUT2D eigenvalue weighted by Crippen LogP contribution is 2.58. The molecule has 0 saturated carbocycles. The molecule has 0 atom stereocenters. The highest BCUT2D eigenvalue weighted by Gasteiger charge is 2.32. The van der Waals surface area contributed by atoms with Crippen molar-refractivity contribution in [3.63, 3.8) is 0 Å². The molecular weight excluding hydrogens is 767 g/mol. The third-order valence-electron chi connectivity index (χ3n) is 10.7. The molecule has 0 aromatic heterocycles. The number of nitrogens with zero attached hydrogens (tertiary/aromatic N) is 5. The molecule has 0 spiro atoms. The van der Waals surface area contributed by atoms with E-state index in [4.69, 9.17) is 0 Å². The Morgan fingerprint density at radius 2 is 0.724 bits per heavy atom. The fraction of sp³-hybridized carbons (Fsp3) is 0. The van der Waals surface area contributed by atoms with E-state index in [-0.39, 0.29) is 0 Å². The van der Waals surface area contributed by atoms with Gasteiger partial charge in [-0.05, 0) is 97.1 Å². The van der Waals surface area contributed by atoms with E-state index in [9.17, 15) is 10.5 Å². The largest absolute Gasteiger partial charge is 0.308 e. The molecular formula is C50H29N5S3. The smallest absolute Gasteiger partial charge is 0.101 e. The zero-order valence-electron chi connectivity index (χ0n) is 30.7. The molecule has 3 heterocycles. The van der Waals surface area contributed by atoms with E-state index in [0.29, 0.717) is 11.1 Å². The van der Waals surface area contributed by atoms with Gasteiger partial charge in [-0.1, -0.05) is 114 Å². The number of fused-ring (bicyclic) bond motifs is 6. The minimum Gasteiger partial charge on any atom is -0.308 e. The average Bonchev–Trinajstić information content (AvgIpc) is 3.28. The minimum atomic E-state index is 0.361. The third kappa shape index (κ3) is 5.49. The lowest BCUT2D eigenvalue weighted by atomic mass is 9.94. The SMILES string of the molecule is N#Cc1cccc(-c2ccccc2N2c3ccc(N4c5ccccc5Sc5ccccc54)cc3Sc3cc(N4c5ccccc5Sc5ccccc54)ccc32)c1C#N. The van der Waals surface area contributed by atoms with Crippen molar-refractivity contribution in [2.24, 2.45) is 0 Å². The Kier molecular flexibility index (Phi) is 8.30. The topological polar surface area (TPSA) is 57.3 Å². The summed E-state index contributed by atoms with van der Waals surface area (Å²) < 4.78 is 0. The summed E-state index contributed by atoms with van der Waals surface area (Å²) in [7, 11) is 0. The van der Waals surface area contributed by atoms with Crippen LogP contribution >= 0.6 is 35.3 Å². The zero-order valence-corrected chi connectivity index (χ0v) is 33.2. The standard InChI is InChI=1S/C50H29N5S3/c51-30-32-12-11-14-35(37(32)31-52)36-13-1-2-15-38(36)55-43-26-24-33(53-39-16-3-7-20-45(39)56-46-21-8-4-17-40(46)53)28-49(43)58-50-29-34(25-27-44(50)55)54-41-18-5-9-22-47(41)57-48-23-10-6-19-42(48)54/h1-29H. The molecule has 272 valence electrons. The maximum atomic E-state index is 10.4. The monoisotopic (exact) mass is 795 g/mol. The van der Waals surface area contributed by atoms with Crippen LogP contribution in [-0.4, -0.2) is 0 Å². The first-order chi connectivity index (χ1) is 28.7. The number of benzene rings is 8. The molecule has 0 saturated heterocycles. The van der Waals surface area contributed by atoms with E-state index in [2.05, 4.69) is 172 Å². The third-order valence-corrected chi connectivity index (χ3v) is 14.1. The van der Waals surface area contributed by atoms with Gasteiger partial charge in [0.2, 0.25) is 0 Å². The molecule has 8 aromatic carbocycles. The van der Waals surface area contributed by atoms with Gasteiger partial charge >= 0.3 is 0 Å². The van der Waals surface area contributed by atoms with Crippen LogP contribution < -0.4 is 14.7 Å². The second kappa shape index (κ2) is 14.0. The molecule has 8 heteroatoms. The summed E-state index contributed by atoms with van der Waals surface area (Å²) in [5.74, 6) is 0. The maximum absolute atomic E-state index is 10.4. The molecule has 0 aliphatic carbocycles. The van der Waals surface area contributed by atoms with Gasteiger partial charge in [0.25, 0.3) is 0 Å². The fourth-order valence-corrected chi connectivity index (χ4v) is 11.4. The van der Waals surface area contributed by atoms with Crippen molar-refractivity contribution in [3.8, 4) is 23.3 Å². The lowest BCUT2D eigenvalue weighted by Crippen LogP contribution is -2.19. The molecule has 0 N–H and O–H groups in total. The van der Waals surface area contributed by atoms with Crippen LogP contribution in [0.1, 0.15) is 11.1 Å². The molecule has 11 rings (SSSR count). The Morgan fingerprint density at radius 3 is 1.19 bits per heavy atom. The molecule has 0 unspecified atom stereocenters. The maximum Gasteiger partial charge on any atom is 0.101 e. The highest BCUT2D eigenvalue weighted by atomic mass is 32.2. The normalized spacial score (nSPS) is 13.2.